The molecule has 0 spiro atoms. The second kappa shape index (κ2) is 8.94. The van der Waals surface area contributed by atoms with Gasteiger partial charge in [-0.1, -0.05) is 30.3 Å². The Hall–Kier alpha value is -3.87. The molecule has 1 saturated heterocycles. The summed E-state index contributed by atoms with van der Waals surface area (Å²) >= 11 is 0. The van der Waals surface area contributed by atoms with Crippen molar-refractivity contribution in [2.45, 2.75) is 31.7 Å². The summed E-state index contributed by atoms with van der Waals surface area (Å²) < 4.78 is 5.41. The molecule has 1 aliphatic heterocycles. The summed E-state index contributed by atoms with van der Waals surface area (Å²) in [5.74, 6) is 1.07. The fourth-order valence-corrected chi connectivity index (χ4v) is 4.73. The van der Waals surface area contributed by atoms with Crippen LogP contribution in [0.2, 0.25) is 0 Å². The molecule has 168 valence electrons. The molecule has 3 N–H and O–H groups in total. The van der Waals surface area contributed by atoms with Gasteiger partial charge in [-0.05, 0) is 48.6 Å². The molecule has 0 saturated carbocycles. The van der Waals surface area contributed by atoms with Crippen molar-refractivity contribution in [2.24, 2.45) is 0 Å². The number of nitrogens with zero attached hydrogens (tertiary/aromatic N) is 3. The van der Waals surface area contributed by atoms with Crippen LogP contribution in [0.3, 0.4) is 0 Å². The number of nitrogen functional groups attached to an aromatic ring is 1. The first-order valence-corrected chi connectivity index (χ1v) is 11.3. The van der Waals surface area contributed by atoms with Gasteiger partial charge in [0.05, 0.1) is 25.3 Å². The highest BCUT2D eigenvalue weighted by Gasteiger charge is 2.31. The number of ether oxygens (including phenoxy) is 1. The molecule has 7 nitrogen and oxygen atoms in total. The van der Waals surface area contributed by atoms with E-state index in [2.05, 4.69) is 15.0 Å². The van der Waals surface area contributed by atoms with Crippen molar-refractivity contribution in [2.75, 3.05) is 19.4 Å². The van der Waals surface area contributed by atoms with Crippen LogP contribution in [0.4, 0.5) is 5.95 Å². The van der Waals surface area contributed by atoms with Gasteiger partial charge in [0.2, 0.25) is 11.9 Å². The SMILES string of the molecule is COc1cccc(-c2cnc(N)nc2[C@@H]2CCCCN2C(=O)Cc2c[nH]c3ccccc23)c1. The average molecular weight is 442 g/mol. The zero-order chi connectivity index (χ0) is 22.8. The largest absolute Gasteiger partial charge is 0.497 e. The average Bonchev–Trinajstić information content (AvgIpc) is 3.26. The van der Waals surface area contributed by atoms with Crippen molar-refractivity contribution < 1.29 is 9.53 Å². The minimum absolute atomic E-state index is 0.0956. The summed E-state index contributed by atoms with van der Waals surface area (Å²) in [5.41, 5.74) is 10.7. The molecule has 2 aromatic carbocycles. The van der Waals surface area contributed by atoms with Gasteiger partial charge >= 0.3 is 0 Å². The van der Waals surface area contributed by atoms with Gasteiger partial charge in [0.15, 0.2) is 0 Å². The number of piperidine rings is 1. The maximum Gasteiger partial charge on any atom is 0.227 e. The van der Waals surface area contributed by atoms with Gasteiger partial charge in [0, 0.05) is 35.4 Å². The van der Waals surface area contributed by atoms with Gasteiger partial charge in [-0.25, -0.2) is 9.97 Å². The molecule has 3 heterocycles. The number of benzene rings is 2. The minimum atomic E-state index is -0.150. The van der Waals surface area contributed by atoms with Crippen LogP contribution in [-0.4, -0.2) is 39.4 Å². The Morgan fingerprint density at radius 1 is 1.21 bits per heavy atom. The number of carbonyl (C=O) groups is 1. The van der Waals surface area contributed by atoms with E-state index >= 15 is 0 Å². The number of likely N-dealkylation sites (tertiary alicyclic amines) is 1. The Morgan fingerprint density at radius 3 is 2.97 bits per heavy atom. The van der Waals surface area contributed by atoms with Crippen LogP contribution in [0.5, 0.6) is 5.75 Å². The molecule has 0 unspecified atom stereocenters. The van der Waals surface area contributed by atoms with Gasteiger partial charge in [-0.15, -0.1) is 0 Å². The van der Waals surface area contributed by atoms with Crippen molar-refractivity contribution in [3.05, 3.63) is 72.2 Å². The first-order chi connectivity index (χ1) is 16.1. The van der Waals surface area contributed by atoms with E-state index in [1.807, 2.05) is 59.6 Å². The van der Waals surface area contributed by atoms with E-state index in [0.29, 0.717) is 13.0 Å². The molecule has 2 aromatic heterocycles. The van der Waals surface area contributed by atoms with Crippen LogP contribution >= 0.6 is 0 Å². The smallest absolute Gasteiger partial charge is 0.227 e. The third kappa shape index (κ3) is 4.14. The number of anilines is 1. The summed E-state index contributed by atoms with van der Waals surface area (Å²) in [6, 6.07) is 15.7. The van der Waals surface area contributed by atoms with Gasteiger partial charge in [0.1, 0.15) is 5.75 Å². The van der Waals surface area contributed by atoms with Crippen molar-refractivity contribution >= 4 is 22.8 Å². The third-order valence-corrected chi connectivity index (χ3v) is 6.37. The van der Waals surface area contributed by atoms with Crippen molar-refractivity contribution in [1.82, 2.24) is 19.9 Å². The molecule has 1 atom stereocenters. The highest BCUT2D eigenvalue weighted by molar-refractivity contribution is 5.89. The zero-order valence-electron chi connectivity index (χ0n) is 18.6. The lowest BCUT2D eigenvalue weighted by Crippen LogP contribution is -2.40. The molecule has 7 heteroatoms. The number of aromatic nitrogens is 3. The maximum atomic E-state index is 13.5. The van der Waals surface area contributed by atoms with E-state index in [4.69, 9.17) is 10.5 Å². The third-order valence-electron chi connectivity index (χ3n) is 6.37. The van der Waals surface area contributed by atoms with E-state index in [-0.39, 0.29) is 17.9 Å². The fourth-order valence-electron chi connectivity index (χ4n) is 4.73. The quantitative estimate of drug-likeness (QED) is 0.475. The number of H-pyrrole nitrogens is 1. The molecule has 0 aliphatic carbocycles. The molecule has 1 amide bonds. The lowest BCUT2D eigenvalue weighted by atomic mass is 9.93. The summed E-state index contributed by atoms with van der Waals surface area (Å²) in [6.07, 6.45) is 6.88. The van der Waals surface area contributed by atoms with Crippen molar-refractivity contribution in [1.29, 1.82) is 0 Å². The first-order valence-electron chi connectivity index (χ1n) is 11.3. The molecule has 33 heavy (non-hydrogen) atoms. The standard InChI is InChI=1S/C26H27N5O2/c1-33-19-8-6-7-17(13-19)21-16-29-26(27)30-25(21)23-11-4-5-12-31(23)24(32)14-18-15-28-22-10-3-2-9-20(18)22/h2-3,6-10,13,15-16,23,28H,4-5,11-12,14H2,1H3,(H2,27,29,30)/t23-/m0/s1. The Kier molecular flexibility index (Phi) is 5.69. The Balaban J connectivity index is 1.50. The number of nitrogens with one attached hydrogen (secondary N) is 1. The first kappa shape index (κ1) is 21.0. The normalized spacial score (nSPS) is 16.2. The highest BCUT2D eigenvalue weighted by atomic mass is 16.5. The second-order valence-corrected chi connectivity index (χ2v) is 8.39. The van der Waals surface area contributed by atoms with Gasteiger partial charge < -0.3 is 20.4 Å². The number of amides is 1. The van der Waals surface area contributed by atoms with Crippen LogP contribution in [0.1, 0.15) is 36.6 Å². The number of methoxy groups -OCH3 is 1. The fraction of sp³-hybridized carbons (Fsp3) is 0.269. The van der Waals surface area contributed by atoms with Gasteiger partial charge in [0.25, 0.3) is 0 Å². The summed E-state index contributed by atoms with van der Waals surface area (Å²) in [5, 5.41) is 1.09. The molecule has 1 aliphatic rings. The van der Waals surface area contributed by atoms with Gasteiger partial charge in [-0.3, -0.25) is 4.79 Å². The number of aromatic amines is 1. The number of nitrogens with two attached hydrogens (primary N) is 1. The van der Waals surface area contributed by atoms with Crippen LogP contribution in [0.25, 0.3) is 22.0 Å². The highest BCUT2D eigenvalue weighted by Crippen LogP contribution is 2.37. The molecule has 0 radical (unpaired) electrons. The lowest BCUT2D eigenvalue weighted by Gasteiger charge is -2.36. The topological polar surface area (TPSA) is 97.1 Å². The zero-order valence-corrected chi connectivity index (χ0v) is 18.6. The van der Waals surface area contributed by atoms with Crippen LogP contribution in [0, 0.1) is 0 Å². The monoisotopic (exact) mass is 441 g/mol. The Morgan fingerprint density at radius 2 is 2.09 bits per heavy atom. The molecule has 4 aromatic rings. The number of hydrogen-bond donors (Lipinski definition) is 2. The minimum Gasteiger partial charge on any atom is -0.497 e. The van der Waals surface area contributed by atoms with E-state index in [9.17, 15) is 4.79 Å². The molecular weight excluding hydrogens is 414 g/mol. The maximum absolute atomic E-state index is 13.5. The molecule has 5 rings (SSSR count). The van der Waals surface area contributed by atoms with E-state index in [0.717, 1.165) is 58.3 Å². The second-order valence-electron chi connectivity index (χ2n) is 8.39. The van der Waals surface area contributed by atoms with E-state index < -0.39 is 0 Å². The number of hydrogen-bond acceptors (Lipinski definition) is 5. The van der Waals surface area contributed by atoms with Crippen LogP contribution in [0.15, 0.2) is 60.9 Å². The molecular formula is C26H27N5O2. The number of para-hydroxylation sites is 1. The van der Waals surface area contributed by atoms with Crippen molar-refractivity contribution in [3.8, 4) is 16.9 Å². The summed E-state index contributed by atoms with van der Waals surface area (Å²) in [6.45, 7) is 0.702. The number of rotatable bonds is 5. The number of carbonyl (C=O) groups excluding carboxylic acids is 1. The van der Waals surface area contributed by atoms with Crippen LogP contribution < -0.4 is 10.5 Å². The lowest BCUT2D eigenvalue weighted by molar-refractivity contribution is -0.134. The van der Waals surface area contributed by atoms with E-state index in [1.165, 1.54) is 0 Å². The summed E-state index contributed by atoms with van der Waals surface area (Å²) in [4.78, 5) is 27.7. The molecule has 1 fully saturated rings. The molecule has 0 bridgehead atoms. The van der Waals surface area contributed by atoms with Gasteiger partial charge in [-0.2, -0.15) is 0 Å². The van der Waals surface area contributed by atoms with Crippen molar-refractivity contribution in [3.63, 3.8) is 0 Å². The summed E-state index contributed by atoms with van der Waals surface area (Å²) in [7, 11) is 1.64. The van der Waals surface area contributed by atoms with Crippen LogP contribution in [-0.2, 0) is 11.2 Å². The predicted molar refractivity (Wildman–Crippen MR) is 129 cm³/mol. The Bertz CT molecular complexity index is 1300. The predicted octanol–water partition coefficient (Wildman–Crippen LogP) is 4.51. The Labute approximate surface area is 192 Å². The van der Waals surface area contributed by atoms with E-state index in [1.54, 1.807) is 13.3 Å². The number of fused-ring (bicyclic) bond motifs is 1.